The van der Waals surface area contributed by atoms with Crippen molar-refractivity contribution in [3.63, 3.8) is 0 Å². The maximum Gasteiger partial charge on any atom is 0.255 e. The van der Waals surface area contributed by atoms with Crippen LogP contribution in [0.4, 0.5) is 11.5 Å². The van der Waals surface area contributed by atoms with E-state index in [4.69, 9.17) is 11.6 Å². The summed E-state index contributed by atoms with van der Waals surface area (Å²) in [6.45, 7) is 1.88. The van der Waals surface area contributed by atoms with E-state index in [1.54, 1.807) is 25.4 Å². The molecule has 0 aliphatic heterocycles. The highest BCUT2D eigenvalue weighted by Crippen LogP contribution is 2.16. The Bertz CT molecular complexity index is 598. The highest BCUT2D eigenvalue weighted by molar-refractivity contribution is 6.30. The lowest BCUT2D eigenvalue weighted by Gasteiger charge is -2.07. The minimum atomic E-state index is -0.258. The quantitative estimate of drug-likeness (QED) is 0.846. The van der Waals surface area contributed by atoms with Gasteiger partial charge in [-0.1, -0.05) is 11.6 Å². The normalized spacial score (nSPS) is 10.1. The minimum Gasteiger partial charge on any atom is -0.373 e. The highest BCUT2D eigenvalue weighted by atomic mass is 35.5. The topological polar surface area (TPSA) is 66.9 Å². The molecule has 98 valence electrons. The van der Waals surface area contributed by atoms with E-state index in [9.17, 15) is 4.79 Å². The molecule has 0 saturated heterocycles. The Hall–Kier alpha value is -2.14. The first-order chi connectivity index (χ1) is 9.08. The predicted octanol–water partition coefficient (Wildman–Crippen LogP) is 2.73. The zero-order chi connectivity index (χ0) is 13.8. The van der Waals surface area contributed by atoms with E-state index >= 15 is 0 Å². The lowest BCUT2D eigenvalue weighted by atomic mass is 10.2. The fraction of sp³-hybridized carbons (Fsp3) is 0.154. The number of nitrogens with zero attached hydrogens (tertiary/aromatic N) is 2. The van der Waals surface area contributed by atoms with Crippen LogP contribution >= 0.6 is 11.6 Å². The van der Waals surface area contributed by atoms with Crippen molar-refractivity contribution in [3.8, 4) is 0 Å². The number of carbonyl (C=O) groups excluding carboxylic acids is 1. The Morgan fingerprint density at radius 3 is 2.74 bits per heavy atom. The number of halogens is 1. The Morgan fingerprint density at radius 2 is 2.11 bits per heavy atom. The number of pyridine rings is 2. The van der Waals surface area contributed by atoms with E-state index < -0.39 is 0 Å². The second-order valence-corrected chi connectivity index (χ2v) is 4.34. The van der Waals surface area contributed by atoms with Gasteiger partial charge in [-0.15, -0.1) is 0 Å². The minimum absolute atomic E-state index is 0.258. The number of nitrogens with one attached hydrogen (secondary N) is 2. The van der Waals surface area contributed by atoms with Gasteiger partial charge in [-0.3, -0.25) is 9.78 Å². The van der Waals surface area contributed by atoms with E-state index in [0.29, 0.717) is 17.1 Å². The summed E-state index contributed by atoms with van der Waals surface area (Å²) in [7, 11) is 1.71. The molecule has 0 bridgehead atoms. The Morgan fingerprint density at radius 1 is 1.32 bits per heavy atom. The number of anilines is 2. The lowest BCUT2D eigenvalue weighted by molar-refractivity contribution is 0.102. The molecule has 2 aromatic rings. The lowest BCUT2D eigenvalue weighted by Crippen LogP contribution is -2.13. The number of amides is 1. The Kier molecular flexibility index (Phi) is 3.97. The van der Waals surface area contributed by atoms with Crippen molar-refractivity contribution in [2.75, 3.05) is 17.7 Å². The van der Waals surface area contributed by atoms with Gasteiger partial charge < -0.3 is 10.6 Å². The van der Waals surface area contributed by atoms with E-state index in [-0.39, 0.29) is 11.1 Å². The molecule has 0 aliphatic rings. The van der Waals surface area contributed by atoms with Gasteiger partial charge in [-0.25, -0.2) is 4.98 Å². The zero-order valence-corrected chi connectivity index (χ0v) is 11.3. The third-order valence-electron chi connectivity index (χ3n) is 2.48. The largest absolute Gasteiger partial charge is 0.373 e. The van der Waals surface area contributed by atoms with Gasteiger partial charge in [0.05, 0.1) is 11.9 Å². The van der Waals surface area contributed by atoms with Gasteiger partial charge in [0.25, 0.3) is 5.91 Å². The summed E-state index contributed by atoms with van der Waals surface area (Å²) in [5, 5.41) is 5.86. The standard InChI is InChI=1S/C13H13ClN4O/c1-8-3-4-10(7-16-8)17-13(19)9-5-11(14)18-12(6-9)15-2/h3-7H,1-2H3,(H,15,18)(H,17,19). The molecule has 2 rings (SSSR count). The van der Waals surface area contributed by atoms with Crippen LogP contribution in [0.2, 0.25) is 5.15 Å². The van der Waals surface area contributed by atoms with Crippen LogP contribution in [0.25, 0.3) is 0 Å². The first-order valence-corrected chi connectivity index (χ1v) is 6.05. The molecule has 19 heavy (non-hydrogen) atoms. The SMILES string of the molecule is CNc1cc(C(=O)Nc2ccc(C)nc2)cc(Cl)n1. The fourth-order valence-electron chi connectivity index (χ4n) is 1.50. The molecule has 5 nitrogen and oxygen atoms in total. The second kappa shape index (κ2) is 5.67. The van der Waals surface area contributed by atoms with Crippen molar-refractivity contribution in [2.45, 2.75) is 6.92 Å². The summed E-state index contributed by atoms with van der Waals surface area (Å²) in [5.41, 5.74) is 1.96. The Balaban J connectivity index is 2.20. The number of carbonyl (C=O) groups is 1. The highest BCUT2D eigenvalue weighted by Gasteiger charge is 2.09. The molecule has 0 radical (unpaired) electrons. The summed E-state index contributed by atoms with van der Waals surface area (Å²) in [4.78, 5) is 20.2. The summed E-state index contributed by atoms with van der Waals surface area (Å²) in [6, 6.07) is 6.76. The summed E-state index contributed by atoms with van der Waals surface area (Å²) < 4.78 is 0. The molecule has 2 aromatic heterocycles. The van der Waals surface area contributed by atoms with Crippen LogP contribution in [0.1, 0.15) is 16.1 Å². The smallest absolute Gasteiger partial charge is 0.255 e. The van der Waals surface area contributed by atoms with Gasteiger partial charge in [-0.05, 0) is 31.2 Å². The molecule has 2 N–H and O–H groups in total. The predicted molar refractivity (Wildman–Crippen MR) is 75.7 cm³/mol. The molecule has 0 atom stereocenters. The molecule has 2 heterocycles. The first-order valence-electron chi connectivity index (χ1n) is 5.68. The monoisotopic (exact) mass is 276 g/mol. The van der Waals surface area contributed by atoms with Crippen molar-refractivity contribution < 1.29 is 4.79 Å². The molecule has 0 saturated carbocycles. The summed E-state index contributed by atoms with van der Waals surface area (Å²) in [5.74, 6) is 0.283. The van der Waals surface area contributed by atoms with Gasteiger partial charge in [0.1, 0.15) is 11.0 Å². The van der Waals surface area contributed by atoms with E-state index in [0.717, 1.165) is 5.69 Å². The fourth-order valence-corrected chi connectivity index (χ4v) is 1.71. The van der Waals surface area contributed by atoms with Crippen LogP contribution in [0.3, 0.4) is 0 Å². The van der Waals surface area contributed by atoms with Crippen LogP contribution < -0.4 is 10.6 Å². The van der Waals surface area contributed by atoms with Crippen LogP contribution in [-0.4, -0.2) is 22.9 Å². The number of aromatic nitrogens is 2. The first kappa shape index (κ1) is 13.3. The van der Waals surface area contributed by atoms with Gasteiger partial charge in [0.15, 0.2) is 0 Å². The van der Waals surface area contributed by atoms with E-state index in [1.807, 2.05) is 13.0 Å². The molecule has 0 aromatic carbocycles. The van der Waals surface area contributed by atoms with Crippen LogP contribution in [-0.2, 0) is 0 Å². The number of hydrogen-bond donors (Lipinski definition) is 2. The second-order valence-electron chi connectivity index (χ2n) is 3.96. The van der Waals surface area contributed by atoms with Gasteiger partial charge in [0, 0.05) is 18.3 Å². The van der Waals surface area contributed by atoms with Crippen LogP contribution in [0.5, 0.6) is 0 Å². The molecule has 0 unspecified atom stereocenters. The third kappa shape index (κ3) is 3.42. The maximum atomic E-state index is 12.1. The van der Waals surface area contributed by atoms with Gasteiger partial charge in [-0.2, -0.15) is 0 Å². The number of aryl methyl sites for hydroxylation is 1. The molecule has 0 fully saturated rings. The van der Waals surface area contributed by atoms with Gasteiger partial charge in [0.2, 0.25) is 0 Å². The molecule has 0 aliphatic carbocycles. The molecular formula is C13H13ClN4O. The van der Waals surface area contributed by atoms with Gasteiger partial charge >= 0.3 is 0 Å². The third-order valence-corrected chi connectivity index (χ3v) is 2.68. The van der Waals surface area contributed by atoms with Crippen molar-refractivity contribution in [2.24, 2.45) is 0 Å². The van der Waals surface area contributed by atoms with Crippen LogP contribution in [0.15, 0.2) is 30.5 Å². The number of rotatable bonds is 3. The van der Waals surface area contributed by atoms with Crippen molar-refractivity contribution >= 4 is 29.0 Å². The Labute approximate surface area is 116 Å². The van der Waals surface area contributed by atoms with Crippen molar-refractivity contribution in [3.05, 3.63) is 46.9 Å². The average Bonchev–Trinajstić information content (AvgIpc) is 2.40. The summed E-state index contributed by atoms with van der Waals surface area (Å²) in [6.07, 6.45) is 1.61. The molecule has 6 heteroatoms. The molecule has 1 amide bonds. The summed E-state index contributed by atoms with van der Waals surface area (Å²) >= 11 is 5.85. The average molecular weight is 277 g/mol. The van der Waals surface area contributed by atoms with Crippen LogP contribution in [0, 0.1) is 6.92 Å². The van der Waals surface area contributed by atoms with Crippen molar-refractivity contribution in [1.82, 2.24) is 9.97 Å². The maximum absolute atomic E-state index is 12.1. The molecular weight excluding hydrogens is 264 g/mol. The van der Waals surface area contributed by atoms with E-state index in [2.05, 4.69) is 20.6 Å². The zero-order valence-electron chi connectivity index (χ0n) is 10.6. The van der Waals surface area contributed by atoms with E-state index in [1.165, 1.54) is 6.07 Å². The van der Waals surface area contributed by atoms with Crippen molar-refractivity contribution in [1.29, 1.82) is 0 Å². The molecule has 0 spiro atoms. The number of hydrogen-bond acceptors (Lipinski definition) is 4.